The molecule has 3 aromatic rings. The molecule has 0 saturated carbocycles. The number of halogens is 1. The topological polar surface area (TPSA) is 85.9 Å². The fraction of sp³-hybridized carbons (Fsp3) is 0.400. The lowest BCUT2D eigenvalue weighted by Gasteiger charge is -2.29. The summed E-state index contributed by atoms with van der Waals surface area (Å²) in [6.07, 6.45) is 2.98. The Bertz CT molecular complexity index is 1200. The molecule has 0 bridgehead atoms. The Morgan fingerprint density at radius 3 is 2.53 bits per heavy atom. The van der Waals surface area contributed by atoms with Gasteiger partial charge in [0.05, 0.1) is 11.4 Å². The average molecular weight is 434 g/mol. The number of sulfonamides is 1. The molecule has 2 aromatic heterocycles. The summed E-state index contributed by atoms with van der Waals surface area (Å²) in [6.45, 7) is 3.41. The number of nitrogens with zero attached hydrogens (tertiary/aromatic N) is 4. The number of ether oxygens (including phenoxy) is 1. The predicted molar refractivity (Wildman–Crippen MR) is 109 cm³/mol. The van der Waals surface area contributed by atoms with Gasteiger partial charge in [0.15, 0.2) is 5.65 Å². The van der Waals surface area contributed by atoms with Crippen LogP contribution in [-0.4, -0.2) is 46.6 Å². The van der Waals surface area contributed by atoms with Crippen LogP contribution in [0.25, 0.3) is 5.65 Å². The smallest absolute Gasteiger partial charge is 0.350 e. The Balaban J connectivity index is 1.51. The van der Waals surface area contributed by atoms with Crippen molar-refractivity contribution >= 4 is 15.7 Å². The van der Waals surface area contributed by atoms with Crippen LogP contribution in [0.1, 0.15) is 19.8 Å². The standard InChI is InChI=1S/C20H23FN4O4S/c1-15-8-10-23(11-9-15)30(27,28)18-6-7-19-22-25(20(26)24(19)14-18)12-13-29-17-4-2-16(21)3-5-17/h2-7,14-15H,8-13H2,1H3. The molecule has 160 valence electrons. The van der Waals surface area contributed by atoms with Crippen molar-refractivity contribution in [2.75, 3.05) is 19.7 Å². The highest BCUT2D eigenvalue weighted by molar-refractivity contribution is 7.89. The molecule has 0 spiro atoms. The lowest BCUT2D eigenvalue weighted by atomic mass is 10.0. The van der Waals surface area contributed by atoms with E-state index in [4.69, 9.17) is 4.74 Å². The van der Waals surface area contributed by atoms with Crippen molar-refractivity contribution in [2.45, 2.75) is 31.2 Å². The number of pyridine rings is 1. The summed E-state index contributed by atoms with van der Waals surface area (Å²) in [5.74, 6) is 0.637. The molecule has 10 heteroatoms. The number of piperidine rings is 1. The molecule has 0 atom stereocenters. The van der Waals surface area contributed by atoms with Crippen LogP contribution >= 0.6 is 0 Å². The van der Waals surface area contributed by atoms with Crippen LogP contribution in [0.2, 0.25) is 0 Å². The predicted octanol–water partition coefficient (Wildman–Crippen LogP) is 2.13. The zero-order chi connectivity index (χ0) is 21.3. The molecule has 3 heterocycles. The zero-order valence-corrected chi connectivity index (χ0v) is 17.4. The first-order chi connectivity index (χ1) is 14.3. The van der Waals surface area contributed by atoms with Gasteiger partial charge < -0.3 is 4.74 Å². The Kier molecular flexibility index (Phi) is 5.61. The van der Waals surface area contributed by atoms with Crippen molar-refractivity contribution in [3.05, 3.63) is 58.9 Å². The fourth-order valence-corrected chi connectivity index (χ4v) is 4.92. The van der Waals surface area contributed by atoms with Crippen LogP contribution in [0.3, 0.4) is 0 Å². The van der Waals surface area contributed by atoms with Crippen molar-refractivity contribution in [3.63, 3.8) is 0 Å². The summed E-state index contributed by atoms with van der Waals surface area (Å²) in [7, 11) is -3.66. The van der Waals surface area contributed by atoms with Gasteiger partial charge in [-0.1, -0.05) is 6.92 Å². The molecule has 0 N–H and O–H groups in total. The van der Waals surface area contributed by atoms with Gasteiger partial charge in [0, 0.05) is 19.3 Å². The highest BCUT2D eigenvalue weighted by Crippen LogP contribution is 2.23. The molecule has 8 nitrogen and oxygen atoms in total. The van der Waals surface area contributed by atoms with Gasteiger partial charge in [-0.25, -0.2) is 26.7 Å². The molecule has 30 heavy (non-hydrogen) atoms. The first kappa shape index (κ1) is 20.5. The summed E-state index contributed by atoms with van der Waals surface area (Å²) in [4.78, 5) is 12.7. The summed E-state index contributed by atoms with van der Waals surface area (Å²) < 4.78 is 48.3. The van der Waals surface area contributed by atoms with Crippen LogP contribution in [0.5, 0.6) is 5.75 Å². The minimum absolute atomic E-state index is 0.0776. The van der Waals surface area contributed by atoms with Crippen molar-refractivity contribution < 1.29 is 17.5 Å². The van der Waals surface area contributed by atoms with E-state index in [0.717, 1.165) is 12.8 Å². The van der Waals surface area contributed by atoms with E-state index in [1.807, 2.05) is 0 Å². The molecule has 1 aliphatic rings. The van der Waals surface area contributed by atoms with E-state index >= 15 is 0 Å². The first-order valence-corrected chi connectivity index (χ1v) is 11.3. The van der Waals surface area contributed by atoms with Crippen molar-refractivity contribution in [2.24, 2.45) is 5.92 Å². The van der Waals surface area contributed by atoms with Gasteiger partial charge in [-0.3, -0.25) is 0 Å². The van der Waals surface area contributed by atoms with E-state index in [1.165, 1.54) is 56.0 Å². The van der Waals surface area contributed by atoms with E-state index in [-0.39, 0.29) is 23.9 Å². The molecule has 1 fully saturated rings. The van der Waals surface area contributed by atoms with Crippen LogP contribution in [0.15, 0.2) is 52.3 Å². The third-order valence-corrected chi connectivity index (χ3v) is 7.20. The maximum atomic E-state index is 12.9. The molecule has 0 radical (unpaired) electrons. The summed E-state index contributed by atoms with van der Waals surface area (Å²) in [5.41, 5.74) is -0.0926. The lowest BCUT2D eigenvalue weighted by Crippen LogP contribution is -2.38. The first-order valence-electron chi connectivity index (χ1n) is 9.82. The molecule has 1 aliphatic heterocycles. The number of hydrogen-bond acceptors (Lipinski definition) is 5. The third-order valence-electron chi connectivity index (χ3n) is 5.32. The number of rotatable bonds is 6. The Labute approximate surface area is 173 Å². The Hall–Kier alpha value is -2.72. The van der Waals surface area contributed by atoms with Gasteiger partial charge in [-0.2, -0.15) is 4.31 Å². The summed E-state index contributed by atoms with van der Waals surface area (Å²) in [6, 6.07) is 8.59. The highest BCUT2D eigenvalue weighted by Gasteiger charge is 2.28. The van der Waals surface area contributed by atoms with E-state index in [9.17, 15) is 17.6 Å². The van der Waals surface area contributed by atoms with E-state index in [2.05, 4.69) is 12.0 Å². The minimum atomic E-state index is -3.66. The summed E-state index contributed by atoms with van der Waals surface area (Å²) >= 11 is 0. The number of fused-ring (bicyclic) bond motifs is 1. The van der Waals surface area contributed by atoms with Crippen molar-refractivity contribution in [1.82, 2.24) is 18.5 Å². The maximum Gasteiger partial charge on any atom is 0.350 e. The average Bonchev–Trinajstić information content (AvgIpc) is 3.05. The van der Waals surface area contributed by atoms with E-state index in [0.29, 0.717) is 30.4 Å². The van der Waals surface area contributed by atoms with Gasteiger partial charge in [0.2, 0.25) is 10.0 Å². The summed E-state index contributed by atoms with van der Waals surface area (Å²) in [5, 5.41) is 4.22. The molecule has 0 aliphatic carbocycles. The highest BCUT2D eigenvalue weighted by atomic mass is 32.2. The van der Waals surface area contributed by atoms with Gasteiger partial charge in [-0.05, 0) is 55.2 Å². The fourth-order valence-electron chi connectivity index (χ4n) is 3.45. The second-order valence-electron chi connectivity index (χ2n) is 7.49. The molecule has 1 saturated heterocycles. The second kappa shape index (κ2) is 8.19. The van der Waals surface area contributed by atoms with Crippen LogP contribution in [-0.2, 0) is 16.6 Å². The van der Waals surface area contributed by atoms with E-state index < -0.39 is 15.7 Å². The Morgan fingerprint density at radius 1 is 1.13 bits per heavy atom. The van der Waals surface area contributed by atoms with Crippen LogP contribution in [0.4, 0.5) is 4.39 Å². The molecule has 1 aromatic carbocycles. The zero-order valence-electron chi connectivity index (χ0n) is 16.6. The quantitative estimate of drug-likeness (QED) is 0.593. The Morgan fingerprint density at radius 2 is 1.83 bits per heavy atom. The number of benzene rings is 1. The van der Waals surface area contributed by atoms with Gasteiger partial charge in [0.1, 0.15) is 18.2 Å². The van der Waals surface area contributed by atoms with Crippen molar-refractivity contribution in [3.8, 4) is 5.75 Å². The van der Waals surface area contributed by atoms with Gasteiger partial charge in [-0.15, -0.1) is 5.10 Å². The normalized spacial score (nSPS) is 16.2. The minimum Gasteiger partial charge on any atom is -0.492 e. The lowest BCUT2D eigenvalue weighted by molar-refractivity contribution is 0.287. The molecular weight excluding hydrogens is 411 g/mol. The van der Waals surface area contributed by atoms with Crippen molar-refractivity contribution in [1.29, 1.82) is 0 Å². The van der Waals surface area contributed by atoms with Crippen LogP contribution < -0.4 is 10.4 Å². The van der Waals surface area contributed by atoms with E-state index in [1.54, 1.807) is 0 Å². The number of aromatic nitrogens is 3. The SMILES string of the molecule is CC1CCN(S(=O)(=O)c2ccc3nn(CCOc4ccc(F)cc4)c(=O)n3c2)CC1. The van der Waals surface area contributed by atoms with Crippen LogP contribution in [0, 0.1) is 11.7 Å². The molecule has 0 amide bonds. The molecule has 0 unspecified atom stereocenters. The molecular formula is C20H23FN4O4S. The number of hydrogen-bond donors (Lipinski definition) is 0. The maximum absolute atomic E-state index is 12.9. The monoisotopic (exact) mass is 434 g/mol. The third kappa shape index (κ3) is 4.10. The van der Waals surface area contributed by atoms with Gasteiger partial charge in [0.25, 0.3) is 0 Å². The molecule has 4 rings (SSSR count). The largest absolute Gasteiger partial charge is 0.492 e. The second-order valence-corrected chi connectivity index (χ2v) is 9.43. The van der Waals surface area contributed by atoms with Gasteiger partial charge >= 0.3 is 5.69 Å².